The Labute approximate surface area is 203 Å². The lowest BCUT2D eigenvalue weighted by atomic mass is 10.1. The standard InChI is InChI=1S/C23H23FN6OS.C2H6/c1-13(2)32-16-8-9-17(18(24)10-16)19-12-27-21(25)20(28-19)23-30-29-22(31-23)15-6-4-14(5-7-15)11-26-3;1-2/h4-10,12-13,26H,11H2,1-3H3,(H2,25,27);1-2H3. The largest absolute Gasteiger partial charge is 0.414 e. The van der Waals surface area contributed by atoms with Crippen LogP contribution in [0.1, 0.15) is 33.3 Å². The summed E-state index contributed by atoms with van der Waals surface area (Å²) in [5.74, 6) is 0.205. The third kappa shape index (κ3) is 5.98. The van der Waals surface area contributed by atoms with E-state index in [1.807, 2.05) is 51.2 Å². The van der Waals surface area contributed by atoms with Crippen molar-refractivity contribution in [1.29, 1.82) is 0 Å². The van der Waals surface area contributed by atoms with Gasteiger partial charge in [0.2, 0.25) is 5.89 Å². The first kappa shape index (κ1) is 25.3. The second-order valence-corrected chi connectivity index (χ2v) is 9.09. The second kappa shape index (κ2) is 11.7. The van der Waals surface area contributed by atoms with E-state index in [9.17, 15) is 4.39 Å². The minimum atomic E-state index is -0.381. The highest BCUT2D eigenvalue weighted by atomic mass is 32.2. The van der Waals surface area contributed by atoms with E-state index in [4.69, 9.17) is 10.2 Å². The fraction of sp³-hybridized carbons (Fsp3) is 0.280. The lowest BCUT2D eigenvalue weighted by Gasteiger charge is -2.09. The van der Waals surface area contributed by atoms with Crippen LogP contribution in [-0.4, -0.2) is 32.5 Å². The molecule has 0 saturated carbocycles. The molecule has 0 bridgehead atoms. The molecule has 2 heterocycles. The molecule has 0 saturated heterocycles. The molecule has 4 rings (SSSR count). The van der Waals surface area contributed by atoms with E-state index in [1.165, 1.54) is 12.3 Å². The first-order chi connectivity index (χ1) is 16.4. The lowest BCUT2D eigenvalue weighted by molar-refractivity contribution is 0.582. The van der Waals surface area contributed by atoms with Crippen molar-refractivity contribution < 1.29 is 8.81 Å². The summed E-state index contributed by atoms with van der Waals surface area (Å²) in [4.78, 5) is 9.49. The summed E-state index contributed by atoms with van der Waals surface area (Å²) in [6.45, 7) is 8.88. The van der Waals surface area contributed by atoms with E-state index in [1.54, 1.807) is 17.8 Å². The van der Waals surface area contributed by atoms with Gasteiger partial charge >= 0.3 is 0 Å². The van der Waals surface area contributed by atoms with Gasteiger partial charge in [-0.2, -0.15) is 0 Å². The molecule has 7 nitrogen and oxygen atoms in total. The summed E-state index contributed by atoms with van der Waals surface area (Å²) in [7, 11) is 1.89. The Hall–Kier alpha value is -3.30. The summed E-state index contributed by atoms with van der Waals surface area (Å²) in [5, 5.41) is 11.6. The fourth-order valence-electron chi connectivity index (χ4n) is 3.14. The Kier molecular flexibility index (Phi) is 8.72. The Balaban J connectivity index is 0.00000158. The monoisotopic (exact) mass is 480 g/mol. The number of nitrogen functional groups attached to an aromatic ring is 1. The topological polar surface area (TPSA) is 103 Å². The molecule has 2 aromatic heterocycles. The van der Waals surface area contributed by atoms with Gasteiger partial charge in [0.05, 0.1) is 11.9 Å². The maximum absolute atomic E-state index is 14.8. The van der Waals surface area contributed by atoms with Crippen molar-refractivity contribution in [2.45, 2.75) is 44.4 Å². The molecule has 0 spiro atoms. The van der Waals surface area contributed by atoms with Gasteiger partial charge < -0.3 is 15.5 Å². The summed E-state index contributed by atoms with van der Waals surface area (Å²) >= 11 is 1.59. The normalized spacial score (nSPS) is 10.8. The second-order valence-electron chi connectivity index (χ2n) is 7.44. The molecule has 0 aliphatic heterocycles. The molecule has 9 heteroatoms. The first-order valence-electron chi connectivity index (χ1n) is 11.1. The molecular weight excluding hydrogens is 451 g/mol. The predicted molar refractivity (Wildman–Crippen MR) is 136 cm³/mol. The number of nitrogens with one attached hydrogen (secondary N) is 1. The molecule has 0 radical (unpaired) electrons. The van der Waals surface area contributed by atoms with Crippen molar-refractivity contribution in [2.75, 3.05) is 12.8 Å². The van der Waals surface area contributed by atoms with E-state index in [0.717, 1.165) is 22.6 Å². The predicted octanol–water partition coefficient (Wildman–Crippen LogP) is 5.83. The van der Waals surface area contributed by atoms with Gasteiger partial charge in [0, 0.05) is 27.8 Å². The number of nitrogens with two attached hydrogens (primary N) is 1. The highest BCUT2D eigenvalue weighted by Gasteiger charge is 2.18. The van der Waals surface area contributed by atoms with E-state index in [-0.39, 0.29) is 23.2 Å². The maximum atomic E-state index is 14.8. The van der Waals surface area contributed by atoms with Crippen molar-refractivity contribution in [2.24, 2.45) is 0 Å². The number of hydrogen-bond acceptors (Lipinski definition) is 8. The molecular formula is C25H29FN6OS. The van der Waals surface area contributed by atoms with Gasteiger partial charge in [0.15, 0.2) is 11.5 Å². The minimum absolute atomic E-state index is 0.124. The van der Waals surface area contributed by atoms with Crippen molar-refractivity contribution >= 4 is 17.6 Å². The van der Waals surface area contributed by atoms with E-state index < -0.39 is 0 Å². The van der Waals surface area contributed by atoms with Gasteiger partial charge in [-0.15, -0.1) is 22.0 Å². The SMILES string of the molecule is CC.CNCc1ccc(-c2nnc(-c3nc(-c4ccc(SC(C)C)cc4F)cnc3N)o2)cc1. The zero-order valence-electron chi connectivity index (χ0n) is 20.0. The van der Waals surface area contributed by atoms with Crippen molar-refractivity contribution in [3.05, 3.63) is 60.0 Å². The minimum Gasteiger partial charge on any atom is -0.414 e. The highest BCUT2D eigenvalue weighted by Crippen LogP contribution is 2.31. The third-order valence-corrected chi connectivity index (χ3v) is 5.60. The van der Waals surface area contributed by atoms with Crippen LogP contribution in [0.25, 0.3) is 34.3 Å². The molecule has 0 amide bonds. The Morgan fingerprint density at radius 2 is 1.76 bits per heavy atom. The van der Waals surface area contributed by atoms with Crippen LogP contribution >= 0.6 is 11.8 Å². The summed E-state index contributed by atoms with van der Waals surface area (Å²) in [5.41, 5.74) is 8.80. The van der Waals surface area contributed by atoms with Crippen LogP contribution in [0.4, 0.5) is 10.2 Å². The molecule has 0 aliphatic rings. The van der Waals surface area contributed by atoms with Crippen LogP contribution in [0, 0.1) is 5.82 Å². The van der Waals surface area contributed by atoms with E-state index in [2.05, 4.69) is 39.3 Å². The number of halogens is 1. The Morgan fingerprint density at radius 1 is 1.06 bits per heavy atom. The Morgan fingerprint density at radius 3 is 2.41 bits per heavy atom. The number of hydrogen-bond donors (Lipinski definition) is 2. The molecule has 0 fully saturated rings. The number of rotatable bonds is 7. The fourth-order valence-corrected chi connectivity index (χ4v) is 4.00. The van der Waals surface area contributed by atoms with Crippen LogP contribution in [-0.2, 0) is 6.54 Å². The van der Waals surface area contributed by atoms with Crippen LogP contribution in [0.15, 0.2) is 58.0 Å². The van der Waals surface area contributed by atoms with Gasteiger partial charge in [-0.3, -0.25) is 0 Å². The van der Waals surface area contributed by atoms with E-state index >= 15 is 0 Å². The van der Waals surface area contributed by atoms with Crippen molar-refractivity contribution in [3.63, 3.8) is 0 Å². The third-order valence-electron chi connectivity index (χ3n) is 4.60. The molecule has 0 unspecified atom stereocenters. The van der Waals surface area contributed by atoms with Gasteiger partial charge in [-0.1, -0.05) is 39.8 Å². The highest BCUT2D eigenvalue weighted by molar-refractivity contribution is 7.99. The van der Waals surface area contributed by atoms with Gasteiger partial charge in [-0.05, 0) is 42.9 Å². The van der Waals surface area contributed by atoms with E-state index in [0.29, 0.717) is 22.4 Å². The average Bonchev–Trinajstić information content (AvgIpc) is 3.31. The summed E-state index contributed by atoms with van der Waals surface area (Å²) < 4.78 is 20.6. The number of nitrogens with zero attached hydrogens (tertiary/aromatic N) is 4. The summed E-state index contributed by atoms with van der Waals surface area (Å²) in [6, 6.07) is 12.8. The van der Waals surface area contributed by atoms with Crippen molar-refractivity contribution in [1.82, 2.24) is 25.5 Å². The number of benzene rings is 2. The molecule has 34 heavy (non-hydrogen) atoms. The van der Waals surface area contributed by atoms with Crippen LogP contribution in [0.2, 0.25) is 0 Å². The number of aromatic nitrogens is 4. The molecule has 0 aliphatic carbocycles. The Bertz CT molecular complexity index is 1230. The van der Waals surface area contributed by atoms with Crippen LogP contribution in [0.3, 0.4) is 0 Å². The summed E-state index contributed by atoms with van der Waals surface area (Å²) in [6.07, 6.45) is 1.43. The maximum Gasteiger partial charge on any atom is 0.270 e. The quantitative estimate of drug-likeness (QED) is 0.319. The zero-order valence-corrected chi connectivity index (χ0v) is 20.8. The van der Waals surface area contributed by atoms with Crippen molar-refractivity contribution in [3.8, 4) is 34.3 Å². The molecule has 0 atom stereocenters. The van der Waals surface area contributed by atoms with Gasteiger partial charge in [0.25, 0.3) is 5.89 Å². The zero-order chi connectivity index (χ0) is 24.7. The number of thioether (sulfide) groups is 1. The van der Waals surface area contributed by atoms with Gasteiger partial charge in [-0.25, -0.2) is 14.4 Å². The van der Waals surface area contributed by atoms with Crippen LogP contribution < -0.4 is 11.1 Å². The molecule has 4 aromatic rings. The molecule has 3 N–H and O–H groups in total. The number of anilines is 1. The van der Waals surface area contributed by atoms with Crippen LogP contribution in [0.5, 0.6) is 0 Å². The molecule has 2 aromatic carbocycles. The first-order valence-corrected chi connectivity index (χ1v) is 12.0. The smallest absolute Gasteiger partial charge is 0.270 e. The average molecular weight is 481 g/mol. The molecule has 178 valence electrons. The van der Waals surface area contributed by atoms with Gasteiger partial charge in [0.1, 0.15) is 5.82 Å². The lowest BCUT2D eigenvalue weighted by Crippen LogP contribution is -2.04.